The lowest BCUT2D eigenvalue weighted by Gasteiger charge is -2.27. The second kappa shape index (κ2) is 7.85. The standard InChI is InChI=1S/C21H23N5O3S2/c1-31(28,29)14-9-17-20(22-10-14)26(12-23-17)11-13-6-7-16-19(8-13)30-21(25-16)24-15-4-2-3-5-18(15)27/h6-10,12,15,18,27H,2-5,11H2,1H3,(H,24,25)/t15?,18-/m1/s1. The van der Waals surface area contributed by atoms with Gasteiger partial charge in [0, 0.05) is 12.5 Å². The fraction of sp³-hybridized carbons (Fsp3) is 0.381. The number of aromatic nitrogens is 4. The topological polar surface area (TPSA) is 110 Å². The summed E-state index contributed by atoms with van der Waals surface area (Å²) in [5, 5.41) is 14.5. The number of fused-ring (bicyclic) bond motifs is 2. The molecule has 4 aromatic rings. The Bertz CT molecular complexity index is 1360. The van der Waals surface area contributed by atoms with Crippen molar-refractivity contribution < 1.29 is 13.5 Å². The van der Waals surface area contributed by atoms with Gasteiger partial charge in [0.15, 0.2) is 20.6 Å². The van der Waals surface area contributed by atoms with Gasteiger partial charge < -0.3 is 15.0 Å². The molecule has 0 bridgehead atoms. The van der Waals surface area contributed by atoms with E-state index in [2.05, 4.69) is 26.3 Å². The molecule has 1 saturated carbocycles. The van der Waals surface area contributed by atoms with Gasteiger partial charge in [0.05, 0.1) is 40.1 Å². The zero-order valence-electron chi connectivity index (χ0n) is 17.0. The summed E-state index contributed by atoms with van der Waals surface area (Å²) in [5.74, 6) is 0. The van der Waals surface area contributed by atoms with Crippen LogP contribution in [0.3, 0.4) is 0 Å². The molecule has 0 radical (unpaired) electrons. The highest BCUT2D eigenvalue weighted by Crippen LogP contribution is 2.30. The molecule has 1 unspecified atom stereocenters. The molecule has 0 spiro atoms. The van der Waals surface area contributed by atoms with Gasteiger partial charge in [-0.25, -0.2) is 23.4 Å². The molecule has 1 fully saturated rings. The number of nitrogens with zero attached hydrogens (tertiary/aromatic N) is 4. The first-order valence-electron chi connectivity index (χ1n) is 10.2. The van der Waals surface area contributed by atoms with Crippen molar-refractivity contribution in [3.8, 4) is 0 Å². The Morgan fingerprint density at radius 2 is 2.03 bits per heavy atom. The first kappa shape index (κ1) is 20.3. The predicted molar refractivity (Wildman–Crippen MR) is 121 cm³/mol. The number of hydrogen-bond acceptors (Lipinski definition) is 8. The van der Waals surface area contributed by atoms with Crippen LogP contribution in [-0.4, -0.2) is 51.4 Å². The molecular formula is C21H23N5O3S2. The molecule has 0 amide bonds. The molecule has 1 aromatic carbocycles. The van der Waals surface area contributed by atoms with E-state index in [0.29, 0.717) is 17.7 Å². The first-order chi connectivity index (χ1) is 14.9. The van der Waals surface area contributed by atoms with Crippen molar-refractivity contribution in [3.05, 3.63) is 42.4 Å². The number of thiazole rings is 1. The van der Waals surface area contributed by atoms with E-state index >= 15 is 0 Å². The number of aliphatic hydroxyl groups is 1. The Balaban J connectivity index is 1.38. The fourth-order valence-electron chi connectivity index (χ4n) is 4.01. The number of aliphatic hydroxyl groups excluding tert-OH is 1. The molecule has 162 valence electrons. The second-order valence-corrected chi connectivity index (χ2v) is 11.1. The number of pyridine rings is 1. The summed E-state index contributed by atoms with van der Waals surface area (Å²) >= 11 is 1.59. The minimum atomic E-state index is -3.32. The Kier molecular flexibility index (Phi) is 5.15. The zero-order valence-corrected chi connectivity index (χ0v) is 18.7. The van der Waals surface area contributed by atoms with Crippen molar-refractivity contribution in [2.75, 3.05) is 11.6 Å². The van der Waals surface area contributed by atoms with E-state index in [1.54, 1.807) is 23.7 Å². The Hall–Kier alpha value is -2.56. The van der Waals surface area contributed by atoms with Gasteiger partial charge in [-0.1, -0.05) is 30.2 Å². The third kappa shape index (κ3) is 4.15. The lowest BCUT2D eigenvalue weighted by atomic mass is 9.93. The highest BCUT2D eigenvalue weighted by atomic mass is 32.2. The molecule has 2 N–H and O–H groups in total. The normalized spacial score (nSPS) is 19.8. The van der Waals surface area contributed by atoms with Gasteiger partial charge in [-0.15, -0.1) is 0 Å². The van der Waals surface area contributed by atoms with Crippen LogP contribution in [-0.2, 0) is 16.4 Å². The summed E-state index contributed by atoms with van der Waals surface area (Å²) in [6.45, 7) is 0.569. The van der Waals surface area contributed by atoms with E-state index < -0.39 is 9.84 Å². The largest absolute Gasteiger partial charge is 0.391 e. The van der Waals surface area contributed by atoms with Gasteiger partial charge in [-0.2, -0.15) is 0 Å². The number of hydrogen-bond donors (Lipinski definition) is 2. The number of imidazole rings is 1. The third-order valence-corrected chi connectivity index (χ3v) is 7.73. The van der Waals surface area contributed by atoms with Gasteiger partial charge in [0.2, 0.25) is 0 Å². The lowest BCUT2D eigenvalue weighted by molar-refractivity contribution is 0.116. The summed E-state index contributed by atoms with van der Waals surface area (Å²) in [7, 11) is -3.32. The first-order valence-corrected chi connectivity index (χ1v) is 12.9. The number of anilines is 1. The zero-order chi connectivity index (χ0) is 21.6. The highest BCUT2D eigenvalue weighted by Gasteiger charge is 2.23. The number of benzene rings is 1. The molecule has 0 saturated heterocycles. The second-order valence-electron chi connectivity index (χ2n) is 8.08. The molecule has 10 heteroatoms. The van der Waals surface area contributed by atoms with Crippen molar-refractivity contribution in [3.63, 3.8) is 0 Å². The van der Waals surface area contributed by atoms with Gasteiger partial charge in [0.25, 0.3) is 0 Å². The average Bonchev–Trinajstić information content (AvgIpc) is 3.32. The maximum atomic E-state index is 11.7. The van der Waals surface area contributed by atoms with Crippen molar-refractivity contribution >= 4 is 47.7 Å². The maximum absolute atomic E-state index is 11.7. The summed E-state index contributed by atoms with van der Waals surface area (Å²) in [5.41, 5.74) is 3.20. The van der Waals surface area contributed by atoms with E-state index in [1.807, 2.05) is 16.7 Å². The van der Waals surface area contributed by atoms with Gasteiger partial charge in [0.1, 0.15) is 5.52 Å². The molecule has 3 aromatic heterocycles. The number of nitrogens with one attached hydrogen (secondary N) is 1. The van der Waals surface area contributed by atoms with Crippen LogP contribution in [0, 0.1) is 0 Å². The summed E-state index contributed by atoms with van der Waals surface area (Å²) < 4.78 is 26.5. The number of sulfone groups is 1. The van der Waals surface area contributed by atoms with Crippen LogP contribution in [0.25, 0.3) is 21.4 Å². The molecule has 8 nitrogen and oxygen atoms in total. The molecule has 0 aliphatic heterocycles. The molecule has 1 aliphatic rings. The maximum Gasteiger partial charge on any atom is 0.184 e. The fourth-order valence-corrected chi connectivity index (χ4v) is 5.57. The van der Waals surface area contributed by atoms with E-state index in [9.17, 15) is 13.5 Å². The molecule has 1 aliphatic carbocycles. The summed E-state index contributed by atoms with van der Waals surface area (Å²) in [4.78, 5) is 13.5. The monoisotopic (exact) mass is 457 g/mol. The molecule has 2 atom stereocenters. The van der Waals surface area contributed by atoms with Crippen LogP contribution >= 0.6 is 11.3 Å². The van der Waals surface area contributed by atoms with Crippen LogP contribution < -0.4 is 5.32 Å². The van der Waals surface area contributed by atoms with Crippen molar-refractivity contribution in [2.45, 2.75) is 49.3 Å². The third-order valence-electron chi connectivity index (χ3n) is 5.70. The van der Waals surface area contributed by atoms with Crippen LogP contribution in [0.1, 0.15) is 31.2 Å². The van der Waals surface area contributed by atoms with E-state index in [-0.39, 0.29) is 17.0 Å². The van der Waals surface area contributed by atoms with Crippen molar-refractivity contribution in [1.29, 1.82) is 0 Å². The van der Waals surface area contributed by atoms with Crippen LogP contribution in [0.4, 0.5) is 5.13 Å². The Morgan fingerprint density at radius 1 is 1.19 bits per heavy atom. The smallest absolute Gasteiger partial charge is 0.184 e. The van der Waals surface area contributed by atoms with E-state index in [4.69, 9.17) is 0 Å². The Morgan fingerprint density at radius 3 is 2.84 bits per heavy atom. The average molecular weight is 458 g/mol. The van der Waals surface area contributed by atoms with Gasteiger partial charge in [-0.3, -0.25) is 0 Å². The molecule has 31 heavy (non-hydrogen) atoms. The predicted octanol–water partition coefficient (Wildman–Crippen LogP) is 3.21. The highest BCUT2D eigenvalue weighted by molar-refractivity contribution is 7.90. The summed E-state index contributed by atoms with van der Waals surface area (Å²) in [6.07, 6.45) is 7.90. The van der Waals surface area contributed by atoms with Crippen molar-refractivity contribution in [1.82, 2.24) is 19.5 Å². The minimum absolute atomic E-state index is 0.0639. The van der Waals surface area contributed by atoms with Gasteiger partial charge >= 0.3 is 0 Å². The lowest BCUT2D eigenvalue weighted by Crippen LogP contribution is -2.36. The molecule has 5 rings (SSSR count). The Labute approximate surface area is 183 Å². The van der Waals surface area contributed by atoms with Crippen LogP contribution in [0.15, 0.2) is 41.7 Å². The SMILES string of the molecule is CS(=O)(=O)c1cnc2c(c1)ncn2Cc1ccc2nc(NC3CCCC[C@H]3O)sc2c1. The number of rotatable bonds is 5. The summed E-state index contributed by atoms with van der Waals surface area (Å²) in [6, 6.07) is 7.74. The minimum Gasteiger partial charge on any atom is -0.391 e. The quantitative estimate of drug-likeness (QED) is 0.473. The van der Waals surface area contributed by atoms with Crippen molar-refractivity contribution in [2.24, 2.45) is 0 Å². The molecular weight excluding hydrogens is 434 g/mol. The molecule has 3 heterocycles. The van der Waals surface area contributed by atoms with Crippen LogP contribution in [0.5, 0.6) is 0 Å². The van der Waals surface area contributed by atoms with Crippen LogP contribution in [0.2, 0.25) is 0 Å². The van der Waals surface area contributed by atoms with Gasteiger partial charge in [-0.05, 0) is 36.6 Å². The van der Waals surface area contributed by atoms with E-state index in [0.717, 1.165) is 52.9 Å². The van der Waals surface area contributed by atoms with E-state index in [1.165, 1.54) is 6.20 Å².